The first-order valence-corrected chi connectivity index (χ1v) is 9.28. The number of fused-ring (bicyclic) bond motifs is 1. The van der Waals surface area contributed by atoms with Crippen LogP contribution in [0.3, 0.4) is 0 Å². The van der Waals surface area contributed by atoms with Crippen molar-refractivity contribution in [3.63, 3.8) is 0 Å². The number of methoxy groups -OCH3 is 1. The van der Waals surface area contributed by atoms with Gasteiger partial charge in [0.25, 0.3) is 5.91 Å². The number of hydrogen-bond acceptors (Lipinski definition) is 5. The second-order valence-corrected chi connectivity index (χ2v) is 7.36. The van der Waals surface area contributed by atoms with Gasteiger partial charge in [-0.05, 0) is 36.4 Å². The molecule has 134 valence electrons. The summed E-state index contributed by atoms with van der Waals surface area (Å²) < 4.78 is 28.4. The van der Waals surface area contributed by atoms with Crippen LogP contribution in [0.15, 0.2) is 53.6 Å². The van der Waals surface area contributed by atoms with Crippen LogP contribution in [0, 0.1) is 0 Å². The fourth-order valence-corrected chi connectivity index (χ4v) is 3.45. The van der Waals surface area contributed by atoms with E-state index in [4.69, 9.17) is 21.5 Å². The molecule has 3 N–H and O–H groups in total. The number of primary sulfonamides is 1. The fourth-order valence-electron chi connectivity index (χ4n) is 2.50. The highest BCUT2D eigenvalue weighted by Crippen LogP contribution is 2.27. The number of carbonyl (C=O) groups excluding carboxylic acids is 1. The standard InChI is InChI=1S/C17H14ClN3O4S/c1-25-14-5-4-12(9-15(14)26(19,23)24)21-17(22)13-8-11(18)7-10-3-2-6-20-16(10)13/h2-9H,1H3,(H,21,22)(H2,19,23,24). The molecule has 2 aromatic carbocycles. The first-order chi connectivity index (χ1) is 12.3. The first-order valence-electron chi connectivity index (χ1n) is 7.36. The lowest BCUT2D eigenvalue weighted by atomic mass is 10.1. The number of nitrogens with zero attached hydrogens (tertiary/aromatic N) is 1. The summed E-state index contributed by atoms with van der Waals surface area (Å²) in [5, 5.41) is 8.92. The third-order valence-corrected chi connectivity index (χ3v) is 4.79. The number of aromatic nitrogens is 1. The van der Waals surface area contributed by atoms with Crippen LogP contribution in [0.1, 0.15) is 10.4 Å². The van der Waals surface area contributed by atoms with E-state index in [1.54, 1.807) is 24.4 Å². The SMILES string of the molecule is COc1ccc(NC(=O)c2cc(Cl)cc3cccnc23)cc1S(N)(=O)=O. The van der Waals surface area contributed by atoms with Crippen molar-refractivity contribution in [1.82, 2.24) is 4.98 Å². The van der Waals surface area contributed by atoms with Crippen LogP contribution in [-0.2, 0) is 10.0 Å². The normalized spacial score (nSPS) is 11.3. The number of amides is 1. The van der Waals surface area contributed by atoms with Gasteiger partial charge in [-0.3, -0.25) is 9.78 Å². The van der Waals surface area contributed by atoms with Gasteiger partial charge in [0.2, 0.25) is 10.0 Å². The Hall–Kier alpha value is -2.68. The van der Waals surface area contributed by atoms with Crippen LogP contribution in [0.2, 0.25) is 5.02 Å². The minimum absolute atomic E-state index is 0.0837. The number of nitrogens with one attached hydrogen (secondary N) is 1. The molecule has 7 nitrogen and oxygen atoms in total. The highest BCUT2D eigenvalue weighted by atomic mass is 35.5. The minimum atomic E-state index is -4.02. The van der Waals surface area contributed by atoms with Crippen LogP contribution in [-0.4, -0.2) is 26.4 Å². The highest BCUT2D eigenvalue weighted by Gasteiger charge is 2.18. The molecular weight excluding hydrogens is 378 g/mol. The number of halogens is 1. The monoisotopic (exact) mass is 391 g/mol. The molecule has 0 atom stereocenters. The molecule has 0 spiro atoms. The second-order valence-electron chi connectivity index (χ2n) is 5.39. The summed E-state index contributed by atoms with van der Waals surface area (Å²) in [6, 6.07) is 10.9. The summed E-state index contributed by atoms with van der Waals surface area (Å²) in [5.41, 5.74) is 0.986. The zero-order valence-electron chi connectivity index (χ0n) is 13.6. The van der Waals surface area contributed by atoms with Crippen LogP contribution in [0.4, 0.5) is 5.69 Å². The van der Waals surface area contributed by atoms with E-state index in [9.17, 15) is 13.2 Å². The van der Waals surface area contributed by atoms with Crippen LogP contribution >= 0.6 is 11.6 Å². The van der Waals surface area contributed by atoms with Gasteiger partial charge in [-0.2, -0.15) is 0 Å². The summed E-state index contributed by atoms with van der Waals surface area (Å²) in [6.07, 6.45) is 1.57. The Bertz CT molecular complexity index is 1120. The maximum absolute atomic E-state index is 12.7. The Labute approximate surface area is 154 Å². The third kappa shape index (κ3) is 3.62. The average molecular weight is 392 g/mol. The maximum Gasteiger partial charge on any atom is 0.257 e. The summed E-state index contributed by atoms with van der Waals surface area (Å²) in [6.45, 7) is 0. The molecule has 0 saturated heterocycles. The zero-order chi connectivity index (χ0) is 18.9. The number of carbonyl (C=O) groups is 1. The van der Waals surface area contributed by atoms with E-state index in [-0.39, 0.29) is 21.9 Å². The van der Waals surface area contributed by atoms with E-state index in [1.807, 2.05) is 0 Å². The number of pyridine rings is 1. The number of anilines is 1. The van der Waals surface area contributed by atoms with Crippen molar-refractivity contribution in [2.75, 3.05) is 12.4 Å². The molecule has 0 saturated carbocycles. The van der Waals surface area contributed by atoms with E-state index >= 15 is 0 Å². The van der Waals surface area contributed by atoms with Gasteiger partial charge in [0.15, 0.2) is 0 Å². The van der Waals surface area contributed by atoms with Crippen molar-refractivity contribution in [1.29, 1.82) is 0 Å². The number of benzene rings is 2. The van der Waals surface area contributed by atoms with E-state index in [1.165, 1.54) is 31.4 Å². The largest absolute Gasteiger partial charge is 0.495 e. The molecule has 0 aliphatic heterocycles. The minimum Gasteiger partial charge on any atom is -0.495 e. The van der Waals surface area contributed by atoms with Gasteiger partial charge in [0, 0.05) is 22.3 Å². The predicted molar refractivity (Wildman–Crippen MR) is 99.1 cm³/mol. The molecule has 0 fully saturated rings. The summed E-state index contributed by atoms with van der Waals surface area (Å²) in [5.74, 6) is -0.401. The molecular formula is C17H14ClN3O4S. The molecule has 26 heavy (non-hydrogen) atoms. The van der Waals surface area contributed by atoms with Crippen LogP contribution in [0.25, 0.3) is 10.9 Å². The number of rotatable bonds is 4. The molecule has 0 radical (unpaired) electrons. The van der Waals surface area contributed by atoms with E-state index in [2.05, 4.69) is 10.3 Å². The molecule has 1 aromatic heterocycles. The molecule has 0 aliphatic carbocycles. The number of ether oxygens (including phenoxy) is 1. The first kappa shape index (κ1) is 18.1. The molecule has 3 aromatic rings. The third-order valence-electron chi connectivity index (χ3n) is 3.64. The smallest absolute Gasteiger partial charge is 0.257 e. The Kier molecular flexibility index (Phi) is 4.82. The number of nitrogens with two attached hydrogens (primary N) is 1. The van der Waals surface area contributed by atoms with Crippen molar-refractivity contribution in [3.05, 3.63) is 59.2 Å². The van der Waals surface area contributed by atoms with E-state index in [0.717, 1.165) is 0 Å². The highest BCUT2D eigenvalue weighted by molar-refractivity contribution is 7.89. The van der Waals surface area contributed by atoms with Gasteiger partial charge in [-0.1, -0.05) is 17.7 Å². The lowest BCUT2D eigenvalue weighted by molar-refractivity contribution is 0.102. The van der Waals surface area contributed by atoms with Crippen molar-refractivity contribution in [2.45, 2.75) is 4.90 Å². The van der Waals surface area contributed by atoms with E-state index < -0.39 is 15.9 Å². The molecule has 0 bridgehead atoms. The van der Waals surface area contributed by atoms with Gasteiger partial charge in [0.1, 0.15) is 10.6 Å². The Balaban J connectivity index is 2.02. The molecule has 0 unspecified atom stereocenters. The summed E-state index contributed by atoms with van der Waals surface area (Å²) in [4.78, 5) is 16.7. The van der Waals surface area contributed by atoms with Crippen molar-refractivity contribution in [2.24, 2.45) is 5.14 Å². The lowest BCUT2D eigenvalue weighted by Crippen LogP contribution is -2.16. The Morgan fingerprint density at radius 1 is 1.23 bits per heavy atom. The maximum atomic E-state index is 12.7. The molecule has 9 heteroatoms. The molecule has 1 heterocycles. The Morgan fingerprint density at radius 2 is 2.00 bits per heavy atom. The van der Waals surface area contributed by atoms with Crippen LogP contribution in [0.5, 0.6) is 5.75 Å². The van der Waals surface area contributed by atoms with E-state index in [0.29, 0.717) is 15.9 Å². The predicted octanol–water partition coefficient (Wildman–Crippen LogP) is 2.80. The number of hydrogen-bond donors (Lipinski definition) is 2. The molecule has 3 rings (SSSR count). The van der Waals surface area contributed by atoms with Gasteiger partial charge in [-0.15, -0.1) is 0 Å². The van der Waals surface area contributed by atoms with Crippen molar-refractivity contribution < 1.29 is 17.9 Å². The van der Waals surface area contributed by atoms with Crippen molar-refractivity contribution >= 4 is 44.1 Å². The topological polar surface area (TPSA) is 111 Å². The number of sulfonamides is 1. The fraction of sp³-hybridized carbons (Fsp3) is 0.0588. The summed E-state index contributed by atoms with van der Waals surface area (Å²) in [7, 11) is -2.69. The lowest BCUT2D eigenvalue weighted by Gasteiger charge is -2.11. The zero-order valence-corrected chi connectivity index (χ0v) is 15.1. The second kappa shape index (κ2) is 6.91. The van der Waals surface area contributed by atoms with Crippen molar-refractivity contribution in [3.8, 4) is 5.75 Å². The van der Waals surface area contributed by atoms with Gasteiger partial charge in [0.05, 0.1) is 18.2 Å². The molecule has 0 aliphatic rings. The molecule has 1 amide bonds. The van der Waals surface area contributed by atoms with Gasteiger partial charge in [-0.25, -0.2) is 13.6 Å². The summed E-state index contributed by atoms with van der Waals surface area (Å²) >= 11 is 6.08. The van der Waals surface area contributed by atoms with Gasteiger partial charge >= 0.3 is 0 Å². The Morgan fingerprint density at radius 3 is 2.69 bits per heavy atom. The average Bonchev–Trinajstić information content (AvgIpc) is 2.60. The van der Waals surface area contributed by atoms with Crippen LogP contribution < -0.4 is 15.2 Å². The van der Waals surface area contributed by atoms with Gasteiger partial charge < -0.3 is 10.1 Å². The quantitative estimate of drug-likeness (QED) is 0.710.